The Morgan fingerprint density at radius 1 is 0.471 bits per heavy atom. The first-order valence-electron chi connectivity index (χ1n) is 23.5. The maximum Gasteiger partial charge on any atom is 1.00 e. The molecule has 9 aromatic rings. The van der Waals surface area contributed by atoms with Gasteiger partial charge in [-0.15, -0.1) is 17.7 Å². The van der Waals surface area contributed by atoms with E-state index < -0.39 is 7.15 Å². The number of diazo groups is 1. The molecule has 0 amide bonds. The van der Waals surface area contributed by atoms with E-state index in [1.807, 2.05) is 55.5 Å². The van der Waals surface area contributed by atoms with Gasteiger partial charge in [0, 0.05) is 22.3 Å². The normalized spacial score (nSPS) is 9.51. The van der Waals surface area contributed by atoms with Gasteiger partial charge in [-0.2, -0.15) is 30.7 Å². The van der Waals surface area contributed by atoms with Crippen LogP contribution in [0.1, 0.15) is 12.5 Å². The number of halogens is 6. The number of nitrogens with zero attached hydrogens (tertiary/aromatic N) is 9. The monoisotopic (exact) mass is 1450 g/mol. The quantitative estimate of drug-likeness (QED) is 0.0146. The van der Waals surface area contributed by atoms with E-state index in [4.69, 9.17) is 48.1 Å². The molecule has 0 saturated heterocycles. The van der Waals surface area contributed by atoms with Gasteiger partial charge < -0.3 is 57.1 Å². The largest absolute Gasteiger partial charge is 1.00 e. The first-order chi connectivity index (χ1) is 39.2. The van der Waals surface area contributed by atoms with Gasteiger partial charge in [0.25, 0.3) is 0 Å². The Bertz CT molecular complexity index is 3200. The second-order valence-electron chi connectivity index (χ2n) is 15.4. The molecule has 0 saturated carbocycles. The van der Waals surface area contributed by atoms with E-state index in [-0.39, 0.29) is 117 Å². The minimum absolute atomic E-state index is 0. The van der Waals surface area contributed by atoms with Crippen molar-refractivity contribution >= 4 is 122 Å². The third-order valence-corrected chi connectivity index (χ3v) is 12.1. The van der Waals surface area contributed by atoms with Crippen LogP contribution in [0.5, 0.6) is 40.2 Å². The summed E-state index contributed by atoms with van der Waals surface area (Å²) in [7, 11) is -1.00. The summed E-state index contributed by atoms with van der Waals surface area (Å²) in [6.07, 6.45) is 0. The molecule has 0 aliphatic heterocycles. The molecular weight excluding hydrogens is 1400 g/mol. The predicted molar refractivity (Wildman–Crippen MR) is 337 cm³/mol. The third-order valence-electron chi connectivity index (χ3n) is 9.30. The molecule has 0 spiro atoms. The van der Waals surface area contributed by atoms with Gasteiger partial charge in [-0.25, -0.2) is 0 Å². The van der Waals surface area contributed by atoms with Crippen molar-refractivity contribution in [3.63, 3.8) is 0 Å². The minimum atomic E-state index is -1.00. The smallest absolute Gasteiger partial charge is 0.870 e. The van der Waals surface area contributed by atoms with E-state index in [0.29, 0.717) is 43.1 Å². The van der Waals surface area contributed by atoms with Crippen LogP contribution in [-0.4, -0.2) is 48.4 Å². The zero-order valence-electron chi connectivity index (χ0n) is 46.6. The van der Waals surface area contributed by atoms with E-state index >= 15 is 0 Å². The van der Waals surface area contributed by atoms with Crippen LogP contribution in [0.25, 0.3) is 4.98 Å². The maximum absolute atomic E-state index is 9.96. The number of nitrogens with two attached hydrogens (primary N) is 1. The zero-order chi connectivity index (χ0) is 60.8. The number of anilines is 1. The van der Waals surface area contributed by atoms with Crippen molar-refractivity contribution in [1.29, 1.82) is 5.39 Å². The maximum atomic E-state index is 9.96. The Hall–Kier alpha value is -6.90. The number of phenols is 7. The van der Waals surface area contributed by atoms with Crippen LogP contribution in [0.2, 0.25) is 0 Å². The summed E-state index contributed by atoms with van der Waals surface area (Å²) in [6.45, 7) is 4.10. The Morgan fingerprint density at radius 2 is 0.753 bits per heavy atom. The van der Waals surface area contributed by atoms with Crippen molar-refractivity contribution in [2.24, 2.45) is 36.0 Å². The van der Waals surface area contributed by atoms with Gasteiger partial charge in [-0.05, 0) is 225 Å². The average molecular weight is 1460 g/mol. The summed E-state index contributed by atoms with van der Waals surface area (Å²) >= 11 is 13.0. The molecule has 0 unspecified atom stereocenters. The first kappa shape index (κ1) is 80.2. The summed E-state index contributed by atoms with van der Waals surface area (Å²) in [5.41, 5.74) is 13.1. The summed E-state index contributed by atoms with van der Waals surface area (Å²) in [5.74, 6) is 1.41. The number of phenolic OH excluding ortho intramolecular Hbond substituents is 7. The van der Waals surface area contributed by atoms with Gasteiger partial charge in [0.2, 0.25) is 5.39 Å². The van der Waals surface area contributed by atoms with Gasteiger partial charge in [0.1, 0.15) is 40.2 Å². The van der Waals surface area contributed by atoms with Crippen LogP contribution in [0, 0.1) is 29.4 Å². The zero-order valence-corrected chi connectivity index (χ0v) is 56.7. The molecule has 20 nitrogen and oxygen atoms in total. The van der Waals surface area contributed by atoms with Crippen LogP contribution >= 0.6 is 76.1 Å². The molecule has 0 bridgehead atoms. The van der Waals surface area contributed by atoms with Gasteiger partial charge in [-0.1, -0.05) is 51.8 Å². The number of alkyl halides is 1. The summed E-state index contributed by atoms with van der Waals surface area (Å²) in [6, 6.07) is 55.8. The number of aromatic hydroxyl groups is 7. The summed E-state index contributed by atoms with van der Waals surface area (Å²) < 4.78 is 18.4. The van der Waals surface area contributed by atoms with Crippen LogP contribution in [0.3, 0.4) is 0 Å². The van der Waals surface area contributed by atoms with Crippen molar-refractivity contribution in [3.05, 3.63) is 244 Å². The molecule has 0 aliphatic rings. The Labute approximate surface area is 574 Å². The van der Waals surface area contributed by atoms with E-state index in [1.54, 1.807) is 115 Å². The van der Waals surface area contributed by atoms with Crippen molar-refractivity contribution in [1.82, 2.24) is 0 Å². The average Bonchev–Trinajstić information content (AvgIpc) is 3.61. The molecular formula is C57H53Br4ClFN10Na2O10+. The fourth-order valence-electron chi connectivity index (χ4n) is 5.20. The van der Waals surface area contributed by atoms with E-state index in [0.717, 1.165) is 25.7 Å². The number of hydrogen-bond donors (Lipinski definition) is 8. The second kappa shape index (κ2) is 47.4. The number of azo groups is 3. The molecule has 0 aromatic heterocycles. The van der Waals surface area contributed by atoms with Crippen molar-refractivity contribution in [2.45, 2.75) is 13.8 Å². The van der Waals surface area contributed by atoms with Gasteiger partial charge in [0.15, 0.2) is 4.98 Å². The Balaban J connectivity index is -0.000000957. The molecule has 9 rings (SSSR count). The van der Waals surface area contributed by atoms with E-state index in [9.17, 15) is 14.6 Å². The molecule has 434 valence electrons. The molecule has 0 fully saturated rings. The van der Waals surface area contributed by atoms with Crippen LogP contribution in [-0.2, 0) is 0 Å². The molecule has 0 radical (unpaired) electrons. The van der Waals surface area contributed by atoms with E-state index in [1.165, 1.54) is 47.5 Å². The summed E-state index contributed by atoms with van der Waals surface area (Å²) in [4.78, 5) is 10.9. The Kier molecular flexibility index (Phi) is 44.7. The topological polar surface area (TPSA) is 352 Å². The number of benzene rings is 9. The molecule has 10 N–H and O–H groups in total. The van der Waals surface area contributed by atoms with Crippen LogP contribution < -0.4 is 64.8 Å². The number of para-hydroxylation sites is 1. The van der Waals surface area contributed by atoms with E-state index in [2.05, 4.69) is 106 Å². The standard InChI is InChI=1S/C14H13BrN2.2C12H9BrN2O2.C6H5BrO.C6H4N2O.C6H7NO.CH3F.ClH.HNO2.2Na.H2O/c1-10-3-6-12(7-4-10)16-17-13-8-5-11(2)14(15)9-13;2*13-11-7-9(3-6-12(11)17)15-14-8-1-4-10(16)5-2-8;7-5-3-1-2-4-6(5)8;7-8-5-1-3-6(9)4-2-5;7-5-1-3-6(8)4-2-5;1-2;;2-1-3;;;/h3-9H,1-2H3;2*1-7,16-17H;1-4,8H;1-4H;1-4,8H,7H2;1H3;1H;(H,2,3);;;1H2/q;;;;;;;;;2*+1;/p-1/i;;;;;;1D;;;;;. The number of aryl methyl sites for hydroxylation is 2. The Morgan fingerprint density at radius 3 is 1.06 bits per heavy atom. The fraction of sp³-hybridized carbons (Fsp3) is 0.0526. The van der Waals surface area contributed by atoms with Crippen molar-refractivity contribution < 1.29 is 106 Å². The number of nitrogen functional groups attached to an aromatic ring is 1. The number of rotatable bonds is 6. The minimum Gasteiger partial charge on any atom is -0.870 e. The SMILES string of the molecule is Cc1ccc(N=Nc2ccc(C)c(Br)c2)cc1.Cl.N#[N+]c1ccc(O)cc1.Nc1ccc(O)cc1.O=N[O-].Oc1ccc(N=Nc2ccc(O)c(Br)c2)cc1.Oc1ccc(N=Nc2ccc(O)c(Br)c2)cc1.Oc1ccccc1Br.[2H]CF.[Na+].[Na+].[OH-]. The van der Waals surface area contributed by atoms with Crippen molar-refractivity contribution in [2.75, 3.05) is 12.9 Å². The molecule has 0 atom stereocenters. The van der Waals surface area contributed by atoms with Crippen molar-refractivity contribution in [3.8, 4) is 40.2 Å². The van der Waals surface area contributed by atoms with Crippen LogP contribution in [0.15, 0.2) is 254 Å². The third kappa shape index (κ3) is 35.9. The number of hydrogen-bond acceptors (Lipinski definition) is 19. The van der Waals surface area contributed by atoms with Gasteiger partial charge in [-0.3, -0.25) is 4.39 Å². The molecule has 0 aliphatic carbocycles. The molecule has 85 heavy (non-hydrogen) atoms. The summed E-state index contributed by atoms with van der Waals surface area (Å²) in [5, 5.41) is 105. The molecule has 9 aromatic carbocycles. The fourth-order valence-corrected chi connectivity index (χ4v) is 6.59. The second-order valence-corrected chi connectivity index (χ2v) is 18.8. The van der Waals surface area contributed by atoms with Gasteiger partial charge in [0.05, 0.1) is 56.1 Å². The van der Waals surface area contributed by atoms with Crippen LogP contribution in [0.4, 0.5) is 49.9 Å². The first-order valence-corrected chi connectivity index (χ1v) is 25.9. The molecule has 0 heterocycles. The predicted octanol–water partition coefficient (Wildman–Crippen LogP) is 14.1. The molecule has 28 heteroatoms. The van der Waals surface area contributed by atoms with Gasteiger partial charge >= 0.3 is 64.8 Å².